The normalized spacial score (nSPS) is 17.1. The lowest BCUT2D eigenvalue weighted by atomic mass is 10.0. The fraction of sp³-hybridized carbons (Fsp3) is 0.400. The Morgan fingerprint density at radius 3 is 1.22 bits per heavy atom. The molecule has 4 rings (SSSR count). The van der Waals surface area contributed by atoms with Crippen LogP contribution in [0.1, 0.15) is 36.8 Å². The van der Waals surface area contributed by atoms with Gasteiger partial charge in [0.15, 0.2) is 0 Å². The highest BCUT2D eigenvalue weighted by atomic mass is 32.2. The van der Waals surface area contributed by atoms with Gasteiger partial charge in [-0.1, -0.05) is 12.1 Å². The molecular weight excluding hydrogens is 556 g/mol. The first-order valence-corrected chi connectivity index (χ1v) is 16.8. The van der Waals surface area contributed by atoms with Gasteiger partial charge in [-0.15, -0.1) is 0 Å². The third-order valence-electron chi connectivity index (χ3n) is 5.80. The molecule has 2 aliphatic rings. The molecular formula is C20H24N2O10S4. The lowest BCUT2D eigenvalue weighted by molar-refractivity contribution is 0.479. The summed E-state index contributed by atoms with van der Waals surface area (Å²) in [6, 6.07) is 7.18. The van der Waals surface area contributed by atoms with Crippen molar-refractivity contribution in [2.75, 3.05) is 9.44 Å². The summed E-state index contributed by atoms with van der Waals surface area (Å²) >= 11 is 0. The van der Waals surface area contributed by atoms with Crippen LogP contribution in [-0.4, -0.2) is 53.3 Å². The summed E-state index contributed by atoms with van der Waals surface area (Å²) in [4.78, 5) is -1.11. The van der Waals surface area contributed by atoms with Crippen LogP contribution in [-0.2, 0) is 53.1 Å². The van der Waals surface area contributed by atoms with Crippen LogP contribution < -0.4 is 9.44 Å². The Kier molecular flexibility index (Phi) is 6.89. The van der Waals surface area contributed by atoms with Crippen LogP contribution in [0.25, 0.3) is 0 Å². The first kappa shape index (κ1) is 26.8. The van der Waals surface area contributed by atoms with Crippen molar-refractivity contribution in [1.29, 1.82) is 0 Å². The quantitative estimate of drug-likeness (QED) is 0.284. The monoisotopic (exact) mass is 580 g/mol. The van der Waals surface area contributed by atoms with Gasteiger partial charge in [0.2, 0.25) is 20.0 Å². The average molecular weight is 581 g/mol. The first-order chi connectivity index (χ1) is 16.6. The van der Waals surface area contributed by atoms with E-state index in [9.17, 15) is 42.8 Å². The predicted molar refractivity (Wildman–Crippen MR) is 131 cm³/mol. The van der Waals surface area contributed by atoms with Crippen molar-refractivity contribution in [1.82, 2.24) is 0 Å². The van der Waals surface area contributed by atoms with Gasteiger partial charge < -0.3 is 0 Å². The van der Waals surface area contributed by atoms with E-state index in [0.29, 0.717) is 25.7 Å². The average Bonchev–Trinajstić information content (AvgIpc) is 3.62. The molecule has 0 unspecified atom stereocenters. The molecule has 2 saturated carbocycles. The molecule has 198 valence electrons. The minimum absolute atomic E-state index is 0.0517. The van der Waals surface area contributed by atoms with E-state index in [-0.39, 0.29) is 35.3 Å². The van der Waals surface area contributed by atoms with Crippen molar-refractivity contribution >= 4 is 51.7 Å². The molecule has 0 saturated heterocycles. The predicted octanol–water partition coefficient (Wildman–Crippen LogP) is 1.77. The van der Waals surface area contributed by atoms with Crippen molar-refractivity contribution in [3.63, 3.8) is 0 Å². The number of hydrogen-bond donors (Lipinski definition) is 4. The number of benzene rings is 2. The van der Waals surface area contributed by atoms with Gasteiger partial charge in [-0.2, -0.15) is 16.8 Å². The lowest BCUT2D eigenvalue weighted by Crippen LogP contribution is -2.18. The molecule has 0 atom stereocenters. The van der Waals surface area contributed by atoms with Gasteiger partial charge in [0.25, 0.3) is 20.2 Å². The highest BCUT2D eigenvalue weighted by molar-refractivity contribution is 7.93. The van der Waals surface area contributed by atoms with Crippen LogP contribution in [0.2, 0.25) is 0 Å². The van der Waals surface area contributed by atoms with Crippen molar-refractivity contribution < 1.29 is 42.8 Å². The summed E-state index contributed by atoms with van der Waals surface area (Å²) in [6.07, 6.45) is 1.76. The summed E-state index contributed by atoms with van der Waals surface area (Å²) in [7, 11) is -16.9. The summed E-state index contributed by atoms with van der Waals surface area (Å²) in [6.45, 7) is 0. The molecule has 0 heterocycles. The van der Waals surface area contributed by atoms with E-state index in [2.05, 4.69) is 9.44 Å². The Labute approximate surface area is 209 Å². The molecule has 2 fully saturated rings. The Morgan fingerprint density at radius 1 is 0.611 bits per heavy atom. The smallest absolute Gasteiger partial charge is 0.283 e. The third-order valence-corrected chi connectivity index (χ3v) is 11.4. The second kappa shape index (κ2) is 9.25. The van der Waals surface area contributed by atoms with Gasteiger partial charge in [-0.25, -0.2) is 16.8 Å². The topological polar surface area (TPSA) is 201 Å². The summed E-state index contributed by atoms with van der Waals surface area (Å²) < 4.78 is 120. The van der Waals surface area contributed by atoms with Gasteiger partial charge in [-0.05, 0) is 73.9 Å². The second-order valence-corrected chi connectivity index (χ2v) is 15.5. The molecule has 0 aliphatic heterocycles. The third kappa shape index (κ3) is 6.36. The summed E-state index contributed by atoms with van der Waals surface area (Å²) in [5.74, 6) is 0. The van der Waals surface area contributed by atoms with E-state index in [1.54, 1.807) is 0 Å². The number of nitrogens with one attached hydrogen (secondary N) is 2. The summed E-state index contributed by atoms with van der Waals surface area (Å²) in [5.41, 5.74) is 0.0479. The first-order valence-electron chi connectivity index (χ1n) is 10.8. The van der Waals surface area contributed by atoms with E-state index < -0.39 is 60.6 Å². The zero-order chi connectivity index (χ0) is 26.5. The molecule has 2 aromatic carbocycles. The zero-order valence-electron chi connectivity index (χ0n) is 18.7. The molecule has 0 amide bonds. The molecule has 0 radical (unpaired) electrons. The van der Waals surface area contributed by atoms with Gasteiger partial charge in [0.05, 0.1) is 20.3 Å². The Morgan fingerprint density at radius 2 is 0.944 bits per heavy atom. The van der Waals surface area contributed by atoms with E-state index in [1.807, 2.05) is 0 Å². The molecule has 12 nitrogen and oxygen atoms in total. The number of hydrogen-bond acceptors (Lipinski definition) is 8. The van der Waals surface area contributed by atoms with Crippen molar-refractivity contribution in [3.05, 3.63) is 47.5 Å². The zero-order valence-corrected chi connectivity index (χ0v) is 21.9. The lowest BCUT2D eigenvalue weighted by Gasteiger charge is -2.14. The van der Waals surface area contributed by atoms with Crippen LogP contribution in [0.4, 0.5) is 11.4 Å². The molecule has 2 aromatic rings. The SMILES string of the molecule is O=S(=O)(O)c1cc(NS(=O)(=O)C2CC2)ccc1CCc1ccc(NS(=O)(=O)C2CC2)cc1S(=O)(=O)O. The highest BCUT2D eigenvalue weighted by Crippen LogP contribution is 2.32. The maximum Gasteiger partial charge on any atom is 0.294 e. The minimum Gasteiger partial charge on any atom is -0.283 e. The molecule has 0 aromatic heterocycles. The van der Waals surface area contributed by atoms with Gasteiger partial charge >= 0.3 is 0 Å². The maximum absolute atomic E-state index is 12.2. The standard InChI is InChI=1S/C20H24N2O10S4/c23-33(24,17-7-8-17)21-15-5-3-13(19(11-15)35(27,28)29)1-2-14-4-6-16(12-20(14)36(30,31)32)22-34(25,26)18-9-10-18/h3-6,11-12,17-18,21-22H,1-2,7-10H2,(H,27,28,29)(H,30,31,32). The maximum atomic E-state index is 12.2. The van der Waals surface area contributed by atoms with Crippen LogP contribution in [0, 0.1) is 0 Å². The Bertz CT molecular complexity index is 1500. The van der Waals surface area contributed by atoms with Gasteiger partial charge in [0, 0.05) is 11.4 Å². The van der Waals surface area contributed by atoms with E-state index in [4.69, 9.17) is 0 Å². The van der Waals surface area contributed by atoms with E-state index in [1.165, 1.54) is 24.3 Å². The van der Waals surface area contributed by atoms with Crippen molar-refractivity contribution in [2.24, 2.45) is 0 Å². The van der Waals surface area contributed by atoms with E-state index >= 15 is 0 Å². The number of rotatable bonds is 11. The molecule has 0 spiro atoms. The number of sulfonamides is 2. The van der Waals surface area contributed by atoms with E-state index in [0.717, 1.165) is 12.1 Å². The second-order valence-electron chi connectivity index (χ2n) is 8.79. The fourth-order valence-electron chi connectivity index (χ4n) is 3.65. The van der Waals surface area contributed by atoms with Crippen LogP contribution in [0.3, 0.4) is 0 Å². The molecule has 0 bridgehead atoms. The molecule has 2 aliphatic carbocycles. The van der Waals surface area contributed by atoms with Crippen LogP contribution >= 0.6 is 0 Å². The van der Waals surface area contributed by atoms with Crippen molar-refractivity contribution in [3.8, 4) is 0 Å². The number of anilines is 2. The van der Waals surface area contributed by atoms with Crippen LogP contribution in [0.15, 0.2) is 46.2 Å². The molecule has 4 N–H and O–H groups in total. The molecule has 16 heteroatoms. The minimum atomic E-state index is -4.77. The Balaban J connectivity index is 1.60. The Hall–Kier alpha value is -2.24. The number of aryl methyl sites for hydroxylation is 2. The van der Waals surface area contributed by atoms with Crippen molar-refractivity contribution in [2.45, 2.75) is 58.8 Å². The van der Waals surface area contributed by atoms with Crippen LogP contribution in [0.5, 0.6) is 0 Å². The highest BCUT2D eigenvalue weighted by Gasteiger charge is 2.36. The van der Waals surface area contributed by atoms with Gasteiger partial charge in [-0.3, -0.25) is 18.5 Å². The van der Waals surface area contributed by atoms with Gasteiger partial charge in [0.1, 0.15) is 0 Å². The summed E-state index contributed by atoms with van der Waals surface area (Å²) in [5, 5.41) is -1.11. The fourth-order valence-corrected chi connectivity index (χ4v) is 7.96. The largest absolute Gasteiger partial charge is 0.294 e. The molecule has 36 heavy (non-hydrogen) atoms.